The van der Waals surface area contributed by atoms with Crippen molar-refractivity contribution in [1.29, 1.82) is 10.8 Å². The average molecular weight is 471 g/mol. The van der Waals surface area contributed by atoms with Gasteiger partial charge in [0.05, 0.1) is 10.6 Å². The molecular formula is C23H25ClN5O2S+. The number of fused-ring (bicyclic) bond motifs is 1. The van der Waals surface area contributed by atoms with Crippen LogP contribution in [0.15, 0.2) is 29.3 Å². The molecule has 2 heterocycles. The van der Waals surface area contributed by atoms with Crippen LogP contribution in [-0.2, 0) is 4.84 Å². The van der Waals surface area contributed by atoms with Gasteiger partial charge in [0, 0.05) is 26.9 Å². The van der Waals surface area contributed by atoms with E-state index in [9.17, 15) is 4.91 Å². The van der Waals surface area contributed by atoms with Gasteiger partial charge in [-0.05, 0) is 44.9 Å². The molecule has 32 heavy (non-hydrogen) atoms. The predicted molar refractivity (Wildman–Crippen MR) is 131 cm³/mol. The van der Waals surface area contributed by atoms with Crippen LogP contribution in [0.25, 0.3) is 0 Å². The van der Waals surface area contributed by atoms with Gasteiger partial charge < -0.3 is 0 Å². The fourth-order valence-corrected chi connectivity index (χ4v) is 4.58. The lowest BCUT2D eigenvalue weighted by atomic mass is 10.00. The Morgan fingerprint density at radius 2 is 2.03 bits per heavy atom. The number of unbranched alkanes of at least 4 members (excludes halogenated alkanes) is 1. The first-order chi connectivity index (χ1) is 15.2. The van der Waals surface area contributed by atoms with Gasteiger partial charge in [-0.3, -0.25) is 20.7 Å². The highest BCUT2D eigenvalue weighted by Gasteiger charge is 2.33. The van der Waals surface area contributed by atoms with Crippen LogP contribution in [-0.4, -0.2) is 35.0 Å². The van der Waals surface area contributed by atoms with Crippen molar-refractivity contribution in [3.63, 3.8) is 0 Å². The summed E-state index contributed by atoms with van der Waals surface area (Å²) in [6, 6.07) is 8.75. The molecule has 1 aliphatic rings. The van der Waals surface area contributed by atoms with E-state index in [1.54, 1.807) is 24.0 Å². The number of anilines is 1. The van der Waals surface area contributed by atoms with Crippen molar-refractivity contribution in [3.8, 4) is 12.0 Å². The summed E-state index contributed by atoms with van der Waals surface area (Å²) in [4.78, 5) is 24.6. The molecule has 0 radical (unpaired) electrons. The third-order valence-corrected chi connectivity index (χ3v) is 6.46. The van der Waals surface area contributed by atoms with Gasteiger partial charge in [0.2, 0.25) is 0 Å². The van der Waals surface area contributed by atoms with E-state index < -0.39 is 6.04 Å². The highest BCUT2D eigenvalue weighted by molar-refractivity contribution is 7.17. The van der Waals surface area contributed by atoms with Gasteiger partial charge >= 0.3 is 11.0 Å². The molecule has 7 nitrogen and oxygen atoms in total. The van der Waals surface area contributed by atoms with E-state index in [0.717, 1.165) is 39.4 Å². The molecule has 3 rings (SSSR count). The third kappa shape index (κ3) is 4.90. The molecule has 9 heteroatoms. The topological polar surface area (TPSA) is 92.6 Å². The van der Waals surface area contributed by atoms with Gasteiger partial charge in [-0.25, -0.2) is 4.84 Å². The number of hydrogen-bond donors (Lipinski definition) is 2. The van der Waals surface area contributed by atoms with Crippen molar-refractivity contribution in [1.82, 2.24) is 0 Å². The Morgan fingerprint density at radius 3 is 2.66 bits per heavy atom. The Bertz CT molecular complexity index is 1160. The summed E-state index contributed by atoms with van der Waals surface area (Å²) in [6.07, 6.45) is 1.65. The van der Waals surface area contributed by atoms with E-state index in [4.69, 9.17) is 32.2 Å². The van der Waals surface area contributed by atoms with Crippen molar-refractivity contribution in [2.45, 2.75) is 46.6 Å². The van der Waals surface area contributed by atoms with Crippen molar-refractivity contribution in [3.05, 3.63) is 55.8 Å². The van der Waals surface area contributed by atoms with Gasteiger partial charge in [0.15, 0.2) is 12.6 Å². The van der Waals surface area contributed by atoms with Crippen LogP contribution in [0.2, 0.25) is 5.02 Å². The molecule has 0 aliphatic carbocycles. The maximum atomic E-state index is 12.0. The monoisotopic (exact) mass is 470 g/mol. The van der Waals surface area contributed by atoms with Gasteiger partial charge in [-0.2, -0.15) is 0 Å². The first-order valence-corrected chi connectivity index (χ1v) is 11.4. The SMILES string of the molecule is CCCCO[N+](=O)C#CC1N=C(c2ccc(Cl)cc2)c2c(sc(C)c2C)N(C(C)=N)C1=N. The second kappa shape index (κ2) is 10.1. The molecule has 0 amide bonds. The van der Waals surface area contributed by atoms with Crippen LogP contribution in [0.1, 0.15) is 48.3 Å². The van der Waals surface area contributed by atoms with Crippen LogP contribution in [0.3, 0.4) is 0 Å². The molecule has 2 aromatic rings. The Labute approximate surface area is 196 Å². The number of aliphatic imine (C=N–C) groups is 1. The number of hydrogen-bond acceptors (Lipinski definition) is 6. The summed E-state index contributed by atoms with van der Waals surface area (Å²) >= 11 is 7.59. The van der Waals surface area contributed by atoms with Crippen LogP contribution in [0.5, 0.6) is 0 Å². The molecule has 1 aliphatic heterocycles. The summed E-state index contributed by atoms with van der Waals surface area (Å²) in [7, 11) is 0. The van der Waals surface area contributed by atoms with Gasteiger partial charge in [0.1, 0.15) is 16.7 Å². The van der Waals surface area contributed by atoms with Crippen LogP contribution in [0.4, 0.5) is 5.00 Å². The molecule has 1 aromatic carbocycles. The summed E-state index contributed by atoms with van der Waals surface area (Å²) in [5.74, 6) is 2.95. The molecule has 0 fully saturated rings. The highest BCUT2D eigenvalue weighted by Crippen LogP contribution is 2.39. The Morgan fingerprint density at radius 1 is 1.34 bits per heavy atom. The molecule has 2 N–H and O–H groups in total. The summed E-state index contributed by atoms with van der Waals surface area (Å²) < 4.78 is 0. The van der Waals surface area contributed by atoms with E-state index >= 15 is 0 Å². The number of benzene rings is 1. The summed E-state index contributed by atoms with van der Waals surface area (Å²) in [5.41, 5.74) is 3.35. The predicted octanol–water partition coefficient (Wildman–Crippen LogP) is 5.49. The third-order valence-electron chi connectivity index (χ3n) is 5.02. The standard InChI is InChI=1S/C23H25ClN5O2S/c1-5-6-13-31-28(30)12-11-19-22(26)29(16(4)25)23-20(14(2)15(3)32-23)21(27-19)17-7-9-18(24)10-8-17/h7-10,19,25-26H,5-6,13H2,1-4H3/q+1. The minimum atomic E-state index is -0.952. The summed E-state index contributed by atoms with van der Waals surface area (Å²) in [6.45, 7) is 7.91. The van der Waals surface area contributed by atoms with Crippen molar-refractivity contribution < 1.29 is 9.76 Å². The number of amidine groups is 2. The first-order valence-electron chi connectivity index (χ1n) is 10.2. The van der Waals surface area contributed by atoms with E-state index in [1.165, 1.54) is 11.3 Å². The van der Waals surface area contributed by atoms with Crippen molar-refractivity contribution >= 4 is 45.3 Å². The molecule has 0 bridgehead atoms. The van der Waals surface area contributed by atoms with Crippen LogP contribution >= 0.6 is 22.9 Å². The minimum absolute atomic E-state index is 0.0124. The zero-order valence-corrected chi connectivity index (χ0v) is 20.0. The van der Waals surface area contributed by atoms with E-state index in [2.05, 4.69) is 12.0 Å². The van der Waals surface area contributed by atoms with E-state index in [1.807, 2.05) is 32.9 Å². The van der Waals surface area contributed by atoms with Crippen molar-refractivity contribution in [2.24, 2.45) is 4.99 Å². The average Bonchev–Trinajstić information content (AvgIpc) is 2.96. The Kier molecular flexibility index (Phi) is 7.44. The van der Waals surface area contributed by atoms with Crippen LogP contribution in [0, 0.1) is 41.5 Å². The lowest BCUT2D eigenvalue weighted by molar-refractivity contribution is -0.742. The number of aryl methyl sites for hydroxylation is 1. The second-order valence-corrected chi connectivity index (χ2v) is 9.00. The molecule has 1 unspecified atom stereocenters. The number of nitrogens with one attached hydrogen (secondary N) is 2. The largest absolute Gasteiger partial charge is 0.343 e. The molecule has 1 atom stereocenters. The zero-order valence-electron chi connectivity index (χ0n) is 18.5. The van der Waals surface area contributed by atoms with Gasteiger partial charge in [-0.15, -0.1) is 11.3 Å². The van der Waals surface area contributed by atoms with Crippen LogP contribution < -0.4 is 4.90 Å². The normalized spacial score (nSPS) is 15.3. The Balaban J connectivity index is 2.15. The smallest absolute Gasteiger partial charge is 0.288 e. The van der Waals surface area contributed by atoms with E-state index in [-0.39, 0.29) is 23.2 Å². The fourth-order valence-electron chi connectivity index (χ4n) is 3.23. The van der Waals surface area contributed by atoms with Gasteiger partial charge in [0.25, 0.3) is 0 Å². The summed E-state index contributed by atoms with van der Waals surface area (Å²) in [5, 5.41) is 18.5. The molecule has 0 spiro atoms. The maximum absolute atomic E-state index is 12.0. The molecular weight excluding hydrogens is 446 g/mol. The molecule has 166 valence electrons. The number of nitrogens with zero attached hydrogens (tertiary/aromatic N) is 3. The second-order valence-electron chi connectivity index (χ2n) is 7.36. The molecule has 0 saturated carbocycles. The fraction of sp³-hybridized carbons (Fsp3) is 0.348. The number of halogens is 1. The maximum Gasteiger partial charge on any atom is 0.343 e. The lowest BCUT2D eigenvalue weighted by Crippen LogP contribution is -2.39. The highest BCUT2D eigenvalue weighted by atomic mass is 35.5. The zero-order chi connectivity index (χ0) is 23.4. The molecule has 0 saturated heterocycles. The van der Waals surface area contributed by atoms with Gasteiger partial charge in [-0.1, -0.05) is 37.1 Å². The minimum Gasteiger partial charge on any atom is -0.288 e. The van der Waals surface area contributed by atoms with E-state index in [0.29, 0.717) is 10.7 Å². The quantitative estimate of drug-likeness (QED) is 0.151. The van der Waals surface area contributed by atoms with Crippen molar-refractivity contribution in [2.75, 3.05) is 11.5 Å². The molecule has 1 aromatic heterocycles. The lowest BCUT2D eigenvalue weighted by Gasteiger charge is -2.22. The number of rotatable bonds is 5. The first kappa shape index (κ1) is 23.6. The number of thiophene rings is 1. The Hall–Kier alpha value is -3.02.